The van der Waals surface area contributed by atoms with Crippen molar-refractivity contribution in [1.29, 1.82) is 0 Å². The van der Waals surface area contributed by atoms with Crippen LogP contribution in [0, 0.1) is 5.82 Å². The van der Waals surface area contributed by atoms with Crippen LogP contribution in [0.2, 0.25) is 0 Å². The molecule has 0 N–H and O–H groups in total. The highest BCUT2D eigenvalue weighted by Gasteiger charge is 2.44. The Bertz CT molecular complexity index is 822. The molecule has 2 aliphatic rings. The number of nitrogens with zero attached hydrogens (tertiary/aromatic N) is 1. The van der Waals surface area contributed by atoms with Crippen molar-refractivity contribution in [2.45, 2.75) is 43.7 Å². The number of benzene rings is 2. The maximum Gasteiger partial charge on any atom is 0.258 e. The van der Waals surface area contributed by atoms with Crippen LogP contribution in [0.4, 0.5) is 4.39 Å². The van der Waals surface area contributed by atoms with Crippen molar-refractivity contribution < 1.29 is 18.7 Å². The number of halogens is 1. The van der Waals surface area contributed by atoms with Gasteiger partial charge in [-0.15, -0.1) is 0 Å². The van der Waals surface area contributed by atoms with Gasteiger partial charge in [0.15, 0.2) is 11.5 Å². The van der Waals surface area contributed by atoms with Gasteiger partial charge in [0.1, 0.15) is 5.82 Å². The van der Waals surface area contributed by atoms with Gasteiger partial charge in [0.25, 0.3) is 5.91 Å². The molecule has 4 nitrogen and oxygen atoms in total. The molecule has 2 heterocycles. The smallest absolute Gasteiger partial charge is 0.258 e. The fourth-order valence-electron chi connectivity index (χ4n) is 4.71. The zero-order chi connectivity index (χ0) is 19.0. The van der Waals surface area contributed by atoms with Crippen LogP contribution in [0.25, 0.3) is 0 Å². The number of amides is 1. The van der Waals surface area contributed by atoms with Gasteiger partial charge in [-0.3, -0.25) is 4.79 Å². The second-order valence-electron chi connectivity index (χ2n) is 7.36. The maximum absolute atomic E-state index is 13.3. The van der Waals surface area contributed by atoms with Gasteiger partial charge in [0, 0.05) is 12.1 Å². The Labute approximate surface area is 158 Å². The number of carbonyl (C=O) groups excluding carboxylic acids is 1. The Kier molecular flexibility index (Phi) is 4.77. The summed E-state index contributed by atoms with van der Waals surface area (Å²) in [6.45, 7) is 0. The molecule has 27 heavy (non-hydrogen) atoms. The molecule has 1 amide bonds. The number of ether oxygens (including phenoxy) is 2. The highest BCUT2D eigenvalue weighted by atomic mass is 19.1. The van der Waals surface area contributed by atoms with E-state index in [1.54, 1.807) is 26.4 Å². The van der Waals surface area contributed by atoms with E-state index in [2.05, 4.69) is 0 Å². The Morgan fingerprint density at radius 2 is 1.67 bits per heavy atom. The molecule has 0 aromatic heterocycles. The highest BCUT2D eigenvalue weighted by Crippen LogP contribution is 2.44. The number of para-hydroxylation sites is 1. The molecule has 0 aliphatic carbocycles. The van der Waals surface area contributed by atoms with E-state index in [-0.39, 0.29) is 23.8 Å². The molecule has 2 aromatic carbocycles. The molecule has 5 heteroatoms. The predicted molar refractivity (Wildman–Crippen MR) is 101 cm³/mol. The summed E-state index contributed by atoms with van der Waals surface area (Å²) in [4.78, 5) is 15.4. The van der Waals surface area contributed by atoms with Gasteiger partial charge in [0.05, 0.1) is 19.8 Å². The molecule has 2 aromatic rings. The lowest BCUT2D eigenvalue weighted by molar-refractivity contribution is 0.0567. The summed E-state index contributed by atoms with van der Waals surface area (Å²) in [5, 5.41) is 0. The molecule has 142 valence electrons. The maximum atomic E-state index is 13.3. The van der Waals surface area contributed by atoms with E-state index in [1.807, 2.05) is 23.1 Å². The van der Waals surface area contributed by atoms with Crippen LogP contribution >= 0.6 is 0 Å². The predicted octanol–water partition coefficient (Wildman–Crippen LogP) is 4.39. The minimum Gasteiger partial charge on any atom is -0.493 e. The van der Waals surface area contributed by atoms with E-state index < -0.39 is 0 Å². The first-order chi connectivity index (χ1) is 13.1. The molecule has 4 rings (SSSR count). The number of hydrogen-bond acceptors (Lipinski definition) is 3. The third-order valence-corrected chi connectivity index (χ3v) is 5.94. The highest BCUT2D eigenvalue weighted by molar-refractivity contribution is 5.98. The molecular formula is C22H24FNO3. The summed E-state index contributed by atoms with van der Waals surface area (Å²) in [5.41, 5.74) is 1.72. The summed E-state index contributed by atoms with van der Waals surface area (Å²) in [6, 6.07) is 12.6. The van der Waals surface area contributed by atoms with Crippen LogP contribution in [0.3, 0.4) is 0 Å². The van der Waals surface area contributed by atoms with Crippen molar-refractivity contribution in [3.8, 4) is 11.5 Å². The van der Waals surface area contributed by atoms with Crippen LogP contribution < -0.4 is 9.47 Å². The minimum atomic E-state index is -0.209. The SMILES string of the molecule is COc1cccc(C(=O)N2[C@@H]3CC[C@H]2C[C@@H](c2ccc(F)cc2)C3)c1OC. The zero-order valence-corrected chi connectivity index (χ0v) is 15.7. The third-order valence-electron chi connectivity index (χ3n) is 5.94. The van der Waals surface area contributed by atoms with Crippen molar-refractivity contribution in [3.63, 3.8) is 0 Å². The van der Waals surface area contributed by atoms with E-state index in [0.717, 1.165) is 25.7 Å². The topological polar surface area (TPSA) is 38.8 Å². The number of piperidine rings is 1. The average Bonchev–Trinajstić information content (AvgIpc) is 2.96. The molecular weight excluding hydrogens is 345 g/mol. The lowest BCUT2D eigenvalue weighted by atomic mass is 9.84. The van der Waals surface area contributed by atoms with Crippen LogP contribution in [0.15, 0.2) is 42.5 Å². The molecule has 0 spiro atoms. The molecule has 2 aliphatic heterocycles. The summed E-state index contributed by atoms with van der Waals surface area (Å²) >= 11 is 0. The second kappa shape index (κ2) is 7.22. The first-order valence-electron chi connectivity index (χ1n) is 9.41. The van der Waals surface area contributed by atoms with Crippen molar-refractivity contribution >= 4 is 5.91 Å². The van der Waals surface area contributed by atoms with E-state index >= 15 is 0 Å². The quantitative estimate of drug-likeness (QED) is 0.802. The molecule has 2 bridgehead atoms. The van der Waals surface area contributed by atoms with Crippen LogP contribution in [-0.4, -0.2) is 37.1 Å². The normalized spacial score (nSPS) is 24.0. The van der Waals surface area contributed by atoms with Crippen molar-refractivity contribution in [1.82, 2.24) is 4.90 Å². The van der Waals surface area contributed by atoms with Crippen LogP contribution in [-0.2, 0) is 0 Å². The first kappa shape index (κ1) is 17.8. The van der Waals surface area contributed by atoms with E-state index in [9.17, 15) is 9.18 Å². The Balaban J connectivity index is 1.58. The van der Waals surface area contributed by atoms with Gasteiger partial charge in [-0.25, -0.2) is 4.39 Å². The Morgan fingerprint density at radius 1 is 1.00 bits per heavy atom. The monoisotopic (exact) mass is 369 g/mol. The van der Waals surface area contributed by atoms with Gasteiger partial charge in [-0.2, -0.15) is 0 Å². The average molecular weight is 369 g/mol. The number of carbonyl (C=O) groups is 1. The minimum absolute atomic E-state index is 0.0100. The molecule has 0 saturated carbocycles. The summed E-state index contributed by atoms with van der Waals surface area (Å²) in [7, 11) is 3.13. The van der Waals surface area contributed by atoms with Gasteiger partial charge < -0.3 is 14.4 Å². The van der Waals surface area contributed by atoms with Gasteiger partial charge >= 0.3 is 0 Å². The van der Waals surface area contributed by atoms with Gasteiger partial charge in [-0.1, -0.05) is 18.2 Å². The van der Waals surface area contributed by atoms with Crippen LogP contribution in [0.5, 0.6) is 11.5 Å². The van der Waals surface area contributed by atoms with Gasteiger partial charge in [-0.05, 0) is 61.4 Å². The number of methoxy groups -OCH3 is 2. The summed E-state index contributed by atoms with van der Waals surface area (Å²) in [6.07, 6.45) is 3.86. The number of fused-ring (bicyclic) bond motifs is 2. The van der Waals surface area contributed by atoms with Crippen molar-refractivity contribution in [2.24, 2.45) is 0 Å². The largest absolute Gasteiger partial charge is 0.493 e. The lowest BCUT2D eigenvalue weighted by Crippen LogP contribution is -2.46. The first-order valence-corrected chi connectivity index (χ1v) is 9.41. The van der Waals surface area contributed by atoms with E-state index in [1.165, 1.54) is 17.7 Å². The standard InChI is InChI=1S/C22H24FNO3/c1-26-20-5-3-4-19(21(20)27-2)22(25)24-17-10-11-18(24)13-15(12-17)14-6-8-16(23)9-7-14/h3-9,15,17-18H,10-13H2,1-2H3/t15-,17+,18-. The zero-order valence-electron chi connectivity index (χ0n) is 15.7. The lowest BCUT2D eigenvalue weighted by Gasteiger charge is -2.39. The fraction of sp³-hybridized carbons (Fsp3) is 0.409. The van der Waals surface area contributed by atoms with E-state index in [0.29, 0.717) is 23.0 Å². The van der Waals surface area contributed by atoms with Crippen LogP contribution in [0.1, 0.15) is 47.5 Å². The van der Waals surface area contributed by atoms with Crippen molar-refractivity contribution in [3.05, 3.63) is 59.4 Å². The Hall–Kier alpha value is -2.56. The number of rotatable bonds is 4. The molecule has 3 atom stereocenters. The fourth-order valence-corrected chi connectivity index (χ4v) is 4.71. The van der Waals surface area contributed by atoms with Crippen molar-refractivity contribution in [2.75, 3.05) is 14.2 Å². The molecule has 0 unspecified atom stereocenters. The molecule has 2 fully saturated rings. The molecule has 0 radical (unpaired) electrons. The van der Waals surface area contributed by atoms with Gasteiger partial charge in [0.2, 0.25) is 0 Å². The third kappa shape index (κ3) is 3.15. The summed E-state index contributed by atoms with van der Waals surface area (Å²) < 4.78 is 24.0. The van der Waals surface area contributed by atoms with E-state index in [4.69, 9.17) is 9.47 Å². The number of hydrogen-bond donors (Lipinski definition) is 0. The summed E-state index contributed by atoms with van der Waals surface area (Å²) in [5.74, 6) is 1.23. The Morgan fingerprint density at radius 3 is 2.26 bits per heavy atom. The molecule has 2 saturated heterocycles. The second-order valence-corrected chi connectivity index (χ2v) is 7.36.